The number of pyridine rings is 1. The Kier molecular flexibility index (Phi) is 3.48. The zero-order valence-electron chi connectivity index (χ0n) is 15.4. The Morgan fingerprint density at radius 1 is 1.19 bits per heavy atom. The predicted octanol–water partition coefficient (Wildman–Crippen LogP) is 2.98. The molecular weight excluding hydrogens is 326 g/mol. The molecule has 5 rings (SSSR count). The van der Waals surface area contributed by atoms with Gasteiger partial charge in [0, 0.05) is 42.2 Å². The molecule has 3 fully saturated rings. The van der Waals surface area contributed by atoms with Crippen molar-refractivity contribution < 1.29 is 9.90 Å². The predicted molar refractivity (Wildman–Crippen MR) is 98.8 cm³/mol. The summed E-state index contributed by atoms with van der Waals surface area (Å²) in [5.74, 6) is 0.886. The molecule has 0 bridgehead atoms. The molecule has 1 N–H and O–H groups in total. The molecule has 0 unspecified atom stereocenters. The number of hydrogen-bond donors (Lipinski definition) is 1. The summed E-state index contributed by atoms with van der Waals surface area (Å²) in [5.41, 5.74) is 2.22. The van der Waals surface area contributed by atoms with Gasteiger partial charge in [-0.3, -0.25) is 4.79 Å². The molecule has 3 heterocycles. The van der Waals surface area contributed by atoms with E-state index in [0.29, 0.717) is 24.2 Å². The first-order valence-corrected chi connectivity index (χ1v) is 9.89. The molecule has 5 heteroatoms. The first kappa shape index (κ1) is 16.3. The Morgan fingerprint density at radius 3 is 2.62 bits per heavy atom. The van der Waals surface area contributed by atoms with Crippen molar-refractivity contribution in [2.45, 2.75) is 57.0 Å². The number of carbonyl (C=O) groups excluding carboxylic acids is 1. The van der Waals surface area contributed by atoms with Gasteiger partial charge in [-0.15, -0.1) is 0 Å². The molecule has 1 aliphatic heterocycles. The summed E-state index contributed by atoms with van der Waals surface area (Å²) in [7, 11) is 0. The Balaban J connectivity index is 1.20. The number of amides is 1. The fraction of sp³-hybridized carbons (Fsp3) is 0.619. The Hall–Kier alpha value is -1.88. The molecule has 0 radical (unpaired) electrons. The van der Waals surface area contributed by atoms with Crippen LogP contribution >= 0.6 is 0 Å². The molecule has 2 saturated carbocycles. The number of hydrogen-bond acceptors (Lipinski definition) is 3. The van der Waals surface area contributed by atoms with Crippen LogP contribution in [0.5, 0.6) is 0 Å². The van der Waals surface area contributed by atoms with Crippen LogP contribution in [0, 0.1) is 11.3 Å². The van der Waals surface area contributed by atoms with E-state index in [2.05, 4.69) is 33.9 Å². The summed E-state index contributed by atoms with van der Waals surface area (Å²) < 4.78 is 2.09. The highest BCUT2D eigenvalue weighted by Gasteiger charge is 2.51. The van der Waals surface area contributed by atoms with Gasteiger partial charge >= 0.3 is 0 Å². The summed E-state index contributed by atoms with van der Waals surface area (Å²) in [5, 5.41) is 14.4. The molecule has 1 amide bonds. The standard InChI is InChI=1S/C21H27N3O2/c1-20(26)11-16(12-20)19(25)23-13-21(14-23)8-5-15(6-9-21)18-4-2-3-17-7-10-22-24(17)18/h2-4,7,10,15-16,26H,5-6,8-9,11-14H2,1H3. The third kappa shape index (κ3) is 2.56. The Morgan fingerprint density at radius 2 is 1.92 bits per heavy atom. The molecule has 1 saturated heterocycles. The average molecular weight is 353 g/mol. The van der Waals surface area contributed by atoms with E-state index in [1.54, 1.807) is 0 Å². The lowest BCUT2D eigenvalue weighted by atomic mass is 9.64. The van der Waals surface area contributed by atoms with Crippen LogP contribution in [0.15, 0.2) is 30.5 Å². The topological polar surface area (TPSA) is 57.8 Å². The van der Waals surface area contributed by atoms with Gasteiger partial charge < -0.3 is 10.0 Å². The molecule has 2 aromatic heterocycles. The number of aliphatic hydroxyl groups is 1. The van der Waals surface area contributed by atoms with Crippen molar-refractivity contribution in [3.8, 4) is 0 Å². The lowest BCUT2D eigenvalue weighted by molar-refractivity contribution is -0.163. The zero-order valence-corrected chi connectivity index (χ0v) is 15.4. The first-order chi connectivity index (χ1) is 12.4. The van der Waals surface area contributed by atoms with E-state index in [0.717, 1.165) is 13.1 Å². The summed E-state index contributed by atoms with van der Waals surface area (Å²) in [6, 6.07) is 8.50. The Labute approximate surface area is 154 Å². The van der Waals surface area contributed by atoms with Crippen LogP contribution in [0.3, 0.4) is 0 Å². The summed E-state index contributed by atoms with van der Waals surface area (Å²) >= 11 is 0. The van der Waals surface area contributed by atoms with Crippen molar-refractivity contribution in [3.05, 3.63) is 36.2 Å². The molecule has 5 nitrogen and oxygen atoms in total. The Bertz CT molecular complexity index is 832. The van der Waals surface area contributed by atoms with E-state index >= 15 is 0 Å². The van der Waals surface area contributed by atoms with Crippen LogP contribution < -0.4 is 0 Å². The van der Waals surface area contributed by atoms with E-state index in [4.69, 9.17) is 0 Å². The van der Waals surface area contributed by atoms with E-state index in [1.807, 2.05) is 18.0 Å². The molecule has 3 aliphatic rings. The number of nitrogens with zero attached hydrogens (tertiary/aromatic N) is 3. The smallest absolute Gasteiger partial charge is 0.225 e. The van der Waals surface area contributed by atoms with E-state index in [9.17, 15) is 9.90 Å². The van der Waals surface area contributed by atoms with Crippen LogP contribution in [0.2, 0.25) is 0 Å². The second-order valence-electron chi connectivity index (χ2n) is 9.19. The fourth-order valence-electron chi connectivity index (χ4n) is 5.48. The van der Waals surface area contributed by atoms with Gasteiger partial charge in [-0.05, 0) is 63.6 Å². The van der Waals surface area contributed by atoms with E-state index < -0.39 is 5.60 Å². The number of carbonyl (C=O) groups is 1. The number of fused-ring (bicyclic) bond motifs is 1. The summed E-state index contributed by atoms with van der Waals surface area (Å²) in [6.07, 6.45) is 7.88. The maximum atomic E-state index is 12.5. The second kappa shape index (κ2) is 5.56. The van der Waals surface area contributed by atoms with Gasteiger partial charge in [-0.2, -0.15) is 5.10 Å². The summed E-state index contributed by atoms with van der Waals surface area (Å²) in [6.45, 7) is 3.67. The normalized spacial score (nSPS) is 31.0. The monoisotopic (exact) mass is 353 g/mol. The maximum absolute atomic E-state index is 12.5. The minimum Gasteiger partial charge on any atom is -0.390 e. The second-order valence-corrected chi connectivity index (χ2v) is 9.19. The first-order valence-electron chi connectivity index (χ1n) is 9.89. The van der Waals surface area contributed by atoms with Gasteiger partial charge in [0.1, 0.15) is 0 Å². The van der Waals surface area contributed by atoms with Crippen LogP contribution in [-0.2, 0) is 4.79 Å². The fourth-order valence-corrected chi connectivity index (χ4v) is 5.48. The van der Waals surface area contributed by atoms with Crippen molar-refractivity contribution in [3.63, 3.8) is 0 Å². The summed E-state index contributed by atoms with van der Waals surface area (Å²) in [4.78, 5) is 14.6. The van der Waals surface area contributed by atoms with E-state index in [1.165, 1.54) is 36.9 Å². The molecule has 26 heavy (non-hydrogen) atoms. The minimum atomic E-state index is -0.617. The van der Waals surface area contributed by atoms with Crippen LogP contribution in [-0.4, -0.2) is 44.2 Å². The SMILES string of the molecule is CC1(O)CC(C(=O)N2CC3(CCC(c4cccc5ccnn45)CC3)C2)C1. The van der Waals surface area contributed by atoms with Crippen molar-refractivity contribution in [1.29, 1.82) is 0 Å². The van der Waals surface area contributed by atoms with Gasteiger partial charge in [-0.25, -0.2) is 4.52 Å². The lowest BCUT2D eigenvalue weighted by Crippen LogP contribution is -2.62. The number of aromatic nitrogens is 2. The molecular formula is C21H27N3O2. The van der Waals surface area contributed by atoms with Crippen molar-refractivity contribution >= 4 is 11.4 Å². The molecule has 138 valence electrons. The average Bonchev–Trinajstić information content (AvgIpc) is 3.06. The highest BCUT2D eigenvalue weighted by atomic mass is 16.3. The quantitative estimate of drug-likeness (QED) is 0.903. The van der Waals surface area contributed by atoms with Gasteiger partial charge in [0.05, 0.1) is 11.1 Å². The highest BCUT2D eigenvalue weighted by Crippen LogP contribution is 2.49. The molecule has 1 spiro atoms. The molecule has 2 aliphatic carbocycles. The number of rotatable bonds is 2. The van der Waals surface area contributed by atoms with Crippen molar-refractivity contribution in [2.24, 2.45) is 11.3 Å². The van der Waals surface area contributed by atoms with Gasteiger partial charge in [0.25, 0.3) is 0 Å². The third-order valence-electron chi connectivity index (χ3n) is 7.00. The lowest BCUT2D eigenvalue weighted by Gasteiger charge is -2.55. The molecule has 0 atom stereocenters. The van der Waals surface area contributed by atoms with Gasteiger partial charge in [0.2, 0.25) is 5.91 Å². The maximum Gasteiger partial charge on any atom is 0.225 e. The van der Waals surface area contributed by atoms with Crippen LogP contribution in [0.4, 0.5) is 0 Å². The third-order valence-corrected chi connectivity index (χ3v) is 7.00. The van der Waals surface area contributed by atoms with Crippen molar-refractivity contribution in [2.75, 3.05) is 13.1 Å². The van der Waals surface area contributed by atoms with E-state index in [-0.39, 0.29) is 11.8 Å². The molecule has 2 aromatic rings. The highest BCUT2D eigenvalue weighted by molar-refractivity contribution is 5.81. The van der Waals surface area contributed by atoms with Crippen LogP contribution in [0.1, 0.15) is 57.1 Å². The molecule has 0 aromatic carbocycles. The minimum absolute atomic E-state index is 0.0520. The zero-order chi connectivity index (χ0) is 17.9. The van der Waals surface area contributed by atoms with Gasteiger partial charge in [-0.1, -0.05) is 6.07 Å². The van der Waals surface area contributed by atoms with Crippen molar-refractivity contribution in [1.82, 2.24) is 14.5 Å². The van der Waals surface area contributed by atoms with Crippen LogP contribution in [0.25, 0.3) is 5.52 Å². The number of likely N-dealkylation sites (tertiary alicyclic amines) is 1. The largest absolute Gasteiger partial charge is 0.390 e. The van der Waals surface area contributed by atoms with Gasteiger partial charge in [0.15, 0.2) is 0 Å².